The molecule has 0 aromatic heterocycles. The van der Waals surface area contributed by atoms with Gasteiger partial charge < -0.3 is 35.1 Å². The number of rotatable bonds is 10. The third-order valence-corrected chi connectivity index (χ3v) is 5.90. The Kier molecular flexibility index (Phi) is 8.85. The van der Waals surface area contributed by atoms with Crippen LogP contribution in [0.3, 0.4) is 0 Å². The van der Waals surface area contributed by atoms with E-state index in [1.807, 2.05) is 0 Å². The Balaban J connectivity index is 1.42. The van der Waals surface area contributed by atoms with Gasteiger partial charge in [0.2, 0.25) is 12.7 Å². The number of nitrogens with one attached hydrogen (secondary N) is 2. The van der Waals surface area contributed by atoms with Gasteiger partial charge in [0.1, 0.15) is 0 Å². The zero-order valence-corrected chi connectivity index (χ0v) is 21.1. The molecule has 11 heteroatoms. The van der Waals surface area contributed by atoms with E-state index in [2.05, 4.69) is 10.6 Å². The Hall–Kier alpha value is -4.77. The standard InChI is InChI=1S/C28H28FN3O7/c1-36-24(8-4-5-9-26(34)32-21-7-3-2-6-20(21)30)27(17-10-12-22(33)19(29)14-17)39-28(35)31-18-11-13-23-25(15-18)38-16-37-23/h2-3,5-7,9-15,24,27,33H,4,8,16,30H2,1H3,(H,31,35)(H,32,34)/b9-5+/t24-,27-/m1/s1. The van der Waals surface area contributed by atoms with Crippen LogP contribution >= 0.6 is 0 Å². The number of hydrogen-bond donors (Lipinski definition) is 4. The van der Waals surface area contributed by atoms with Crippen LogP contribution in [0.5, 0.6) is 17.2 Å². The number of aromatic hydroxyl groups is 1. The van der Waals surface area contributed by atoms with Gasteiger partial charge in [0.05, 0.1) is 17.5 Å². The first-order valence-electron chi connectivity index (χ1n) is 12.0. The Morgan fingerprint density at radius 2 is 1.90 bits per heavy atom. The molecule has 0 radical (unpaired) electrons. The van der Waals surface area contributed by atoms with Crippen molar-refractivity contribution in [3.8, 4) is 17.2 Å². The van der Waals surface area contributed by atoms with Crippen molar-refractivity contribution in [2.24, 2.45) is 0 Å². The minimum atomic E-state index is -1.04. The van der Waals surface area contributed by atoms with E-state index >= 15 is 0 Å². The van der Waals surface area contributed by atoms with Gasteiger partial charge in [0, 0.05) is 18.9 Å². The molecule has 0 saturated carbocycles. The molecule has 1 heterocycles. The lowest BCUT2D eigenvalue weighted by Crippen LogP contribution is -2.28. The second kappa shape index (κ2) is 12.7. The van der Waals surface area contributed by atoms with Crippen LogP contribution in [0.4, 0.5) is 26.2 Å². The lowest BCUT2D eigenvalue weighted by atomic mass is 10.00. The Morgan fingerprint density at radius 3 is 2.67 bits per heavy atom. The van der Waals surface area contributed by atoms with Gasteiger partial charge in [-0.2, -0.15) is 0 Å². The molecule has 0 saturated heterocycles. The van der Waals surface area contributed by atoms with Crippen LogP contribution in [0.1, 0.15) is 24.5 Å². The first-order valence-corrected chi connectivity index (χ1v) is 12.0. The molecule has 5 N–H and O–H groups in total. The molecule has 204 valence electrons. The van der Waals surface area contributed by atoms with Gasteiger partial charge in [-0.15, -0.1) is 0 Å². The number of nitrogens with two attached hydrogens (primary N) is 1. The van der Waals surface area contributed by atoms with Crippen LogP contribution in [-0.4, -0.2) is 37.1 Å². The molecule has 1 aliphatic heterocycles. The lowest BCUT2D eigenvalue weighted by molar-refractivity contribution is -0.111. The summed E-state index contributed by atoms with van der Waals surface area (Å²) in [6, 6.07) is 15.4. The van der Waals surface area contributed by atoms with Crippen LogP contribution in [0.2, 0.25) is 0 Å². The number of hydrogen-bond acceptors (Lipinski definition) is 8. The second-order valence-electron chi connectivity index (χ2n) is 8.56. The summed E-state index contributed by atoms with van der Waals surface area (Å²) in [5.74, 6) is -0.739. The fourth-order valence-electron chi connectivity index (χ4n) is 3.92. The third-order valence-electron chi connectivity index (χ3n) is 5.90. The molecular formula is C28H28FN3O7. The number of amides is 2. The molecule has 0 bridgehead atoms. The monoisotopic (exact) mass is 537 g/mol. The summed E-state index contributed by atoms with van der Waals surface area (Å²) >= 11 is 0. The molecule has 0 unspecified atom stereocenters. The number of carbonyl (C=O) groups is 2. The molecular weight excluding hydrogens is 509 g/mol. The second-order valence-corrected chi connectivity index (χ2v) is 8.56. The van der Waals surface area contributed by atoms with Crippen LogP contribution in [0, 0.1) is 5.82 Å². The van der Waals surface area contributed by atoms with Gasteiger partial charge >= 0.3 is 6.09 Å². The average molecular weight is 538 g/mol. The Morgan fingerprint density at radius 1 is 1.10 bits per heavy atom. The highest BCUT2D eigenvalue weighted by atomic mass is 19.1. The number of halogens is 1. The first kappa shape index (κ1) is 27.3. The minimum Gasteiger partial charge on any atom is -0.505 e. The van der Waals surface area contributed by atoms with Crippen LogP contribution < -0.4 is 25.8 Å². The smallest absolute Gasteiger partial charge is 0.412 e. The van der Waals surface area contributed by atoms with Crippen LogP contribution in [0.15, 0.2) is 72.8 Å². The molecule has 3 aromatic carbocycles. The summed E-state index contributed by atoms with van der Waals surface area (Å²) in [7, 11) is 1.43. The lowest BCUT2D eigenvalue weighted by Gasteiger charge is -2.26. The number of phenolic OH excluding ortho intramolecular Hbond substituents is 1. The number of anilines is 3. The van der Waals surface area contributed by atoms with E-state index in [9.17, 15) is 19.1 Å². The maximum atomic E-state index is 14.2. The van der Waals surface area contributed by atoms with Crippen molar-refractivity contribution < 1.29 is 38.0 Å². The quantitative estimate of drug-likeness (QED) is 0.206. The maximum absolute atomic E-state index is 14.2. The highest BCUT2D eigenvalue weighted by Gasteiger charge is 2.28. The normalized spacial score (nSPS) is 13.6. The number of allylic oxidation sites excluding steroid dienone is 1. The fourth-order valence-corrected chi connectivity index (χ4v) is 3.92. The van der Waals surface area contributed by atoms with E-state index in [0.717, 1.165) is 6.07 Å². The maximum Gasteiger partial charge on any atom is 0.412 e. The summed E-state index contributed by atoms with van der Waals surface area (Å²) in [6.07, 6.45) is 1.13. The summed E-state index contributed by atoms with van der Waals surface area (Å²) in [4.78, 5) is 25.1. The molecule has 2 atom stereocenters. The molecule has 3 aromatic rings. The van der Waals surface area contributed by atoms with Crippen LogP contribution in [0.25, 0.3) is 0 Å². The van der Waals surface area contributed by atoms with Crippen LogP contribution in [-0.2, 0) is 14.3 Å². The number of carbonyl (C=O) groups excluding carboxylic acids is 2. The van der Waals surface area contributed by atoms with Crippen molar-refractivity contribution in [2.75, 3.05) is 30.3 Å². The van der Waals surface area contributed by atoms with Crippen molar-refractivity contribution in [1.82, 2.24) is 0 Å². The van der Waals surface area contributed by atoms with Crippen molar-refractivity contribution in [3.63, 3.8) is 0 Å². The molecule has 1 aliphatic rings. The predicted molar refractivity (Wildman–Crippen MR) is 142 cm³/mol. The Bertz CT molecular complexity index is 1360. The van der Waals surface area contributed by atoms with E-state index in [0.29, 0.717) is 41.4 Å². The average Bonchev–Trinajstić information content (AvgIpc) is 3.39. The molecule has 0 fully saturated rings. The third kappa shape index (κ3) is 7.17. The molecule has 10 nitrogen and oxygen atoms in total. The zero-order chi connectivity index (χ0) is 27.8. The summed E-state index contributed by atoms with van der Waals surface area (Å²) in [6.45, 7) is 0.0870. The number of methoxy groups -OCH3 is 1. The highest BCUT2D eigenvalue weighted by Crippen LogP contribution is 2.35. The van der Waals surface area contributed by atoms with Crippen molar-refractivity contribution in [2.45, 2.75) is 25.0 Å². The number of phenols is 1. The van der Waals surface area contributed by atoms with Crippen molar-refractivity contribution >= 4 is 29.1 Å². The molecule has 39 heavy (non-hydrogen) atoms. The topological polar surface area (TPSA) is 141 Å². The minimum absolute atomic E-state index is 0.0870. The van der Waals surface area contributed by atoms with E-state index in [-0.39, 0.29) is 18.3 Å². The number of ether oxygens (including phenoxy) is 4. The van der Waals surface area contributed by atoms with Gasteiger partial charge in [-0.1, -0.05) is 24.3 Å². The first-order chi connectivity index (χ1) is 18.8. The molecule has 0 aliphatic carbocycles. The predicted octanol–water partition coefficient (Wildman–Crippen LogP) is 5.12. The Labute approximate surface area is 224 Å². The fraction of sp³-hybridized carbons (Fsp3) is 0.214. The SMILES string of the molecule is CO[C@H](CC/C=C/C(=O)Nc1ccccc1N)[C@H](OC(=O)Nc1ccc2c(c1)OCO2)c1ccc(O)c(F)c1. The van der Waals surface area contributed by atoms with Crippen molar-refractivity contribution in [3.05, 3.63) is 84.2 Å². The van der Waals surface area contributed by atoms with E-state index in [1.165, 1.54) is 25.3 Å². The summed E-state index contributed by atoms with van der Waals surface area (Å²) in [5, 5.41) is 14.9. The van der Waals surface area contributed by atoms with Gasteiger partial charge in [-0.25, -0.2) is 9.18 Å². The number of fused-ring (bicyclic) bond motifs is 1. The number of para-hydroxylation sites is 2. The zero-order valence-electron chi connectivity index (χ0n) is 21.1. The molecule has 0 spiro atoms. The summed E-state index contributed by atoms with van der Waals surface area (Å²) in [5.41, 5.74) is 7.47. The van der Waals surface area contributed by atoms with Gasteiger partial charge in [0.25, 0.3) is 0 Å². The van der Waals surface area contributed by atoms with E-state index < -0.39 is 29.9 Å². The van der Waals surface area contributed by atoms with Gasteiger partial charge in [-0.05, 0) is 60.9 Å². The van der Waals surface area contributed by atoms with E-state index in [1.54, 1.807) is 48.5 Å². The van der Waals surface area contributed by atoms with Crippen molar-refractivity contribution in [1.29, 1.82) is 0 Å². The van der Waals surface area contributed by atoms with Gasteiger partial charge in [0.15, 0.2) is 29.2 Å². The molecule has 4 rings (SSSR count). The largest absolute Gasteiger partial charge is 0.505 e. The summed E-state index contributed by atoms with van der Waals surface area (Å²) < 4.78 is 36.0. The highest BCUT2D eigenvalue weighted by molar-refractivity contribution is 6.01. The number of benzene rings is 3. The van der Waals surface area contributed by atoms with Gasteiger partial charge in [-0.3, -0.25) is 10.1 Å². The van der Waals surface area contributed by atoms with E-state index in [4.69, 9.17) is 24.7 Å². The number of nitrogen functional groups attached to an aromatic ring is 1. The molecule has 2 amide bonds.